The van der Waals surface area contributed by atoms with Crippen LogP contribution in [-0.4, -0.2) is 38.5 Å². The first kappa shape index (κ1) is 6.69. The molecule has 0 unspecified atom stereocenters. The zero-order chi connectivity index (χ0) is 6.81. The van der Waals surface area contributed by atoms with Gasteiger partial charge in [0.25, 0.3) is 0 Å². The minimum absolute atomic E-state index is 0.00438. The molecule has 0 radical (unpaired) electrons. The minimum atomic E-state index is -0.00438. The Labute approximate surface area is 70.5 Å². The van der Waals surface area contributed by atoms with E-state index in [1.165, 1.54) is 29.8 Å². The Bertz CT molecular complexity index is 189. The van der Waals surface area contributed by atoms with Crippen LogP contribution in [0.3, 0.4) is 0 Å². The van der Waals surface area contributed by atoms with Gasteiger partial charge in [-0.1, -0.05) is 0 Å². The second kappa shape index (κ2) is 2.94. The molecule has 2 nitrogen and oxygen atoms in total. The maximum absolute atomic E-state index is 4.34. The van der Waals surface area contributed by atoms with Crippen molar-refractivity contribution < 1.29 is 0 Å². The van der Waals surface area contributed by atoms with Gasteiger partial charge in [0, 0.05) is 0 Å². The van der Waals surface area contributed by atoms with Crippen molar-refractivity contribution >= 4 is 24.3 Å². The first-order valence-corrected chi connectivity index (χ1v) is 6.12. The molecule has 10 heavy (non-hydrogen) atoms. The van der Waals surface area contributed by atoms with Gasteiger partial charge in [-0.05, 0) is 0 Å². The predicted molar refractivity (Wildman–Crippen MR) is 42.6 cm³/mol. The quantitative estimate of drug-likeness (QED) is 0.683. The van der Waals surface area contributed by atoms with Crippen LogP contribution in [0.5, 0.6) is 0 Å². The molecule has 0 spiro atoms. The van der Waals surface area contributed by atoms with Gasteiger partial charge in [-0.15, -0.1) is 0 Å². The summed E-state index contributed by atoms with van der Waals surface area (Å²) in [5.41, 5.74) is 0. The molecule has 0 aliphatic carbocycles. The van der Waals surface area contributed by atoms with Crippen LogP contribution in [0.1, 0.15) is 12.8 Å². The fraction of sp³-hybridized carbons (Fsp3) is 0.571. The fourth-order valence-electron chi connectivity index (χ4n) is 1.28. The van der Waals surface area contributed by atoms with Crippen LogP contribution < -0.4 is 4.90 Å². The summed E-state index contributed by atoms with van der Waals surface area (Å²) in [7, 11) is 0. The summed E-state index contributed by atoms with van der Waals surface area (Å²) in [6.07, 6.45) is 4.70. The number of rotatable bonds is 1. The molecule has 2 heterocycles. The van der Waals surface area contributed by atoms with Crippen LogP contribution in [-0.2, 0) is 0 Å². The molecule has 0 atom stereocenters. The van der Waals surface area contributed by atoms with Gasteiger partial charge in [0.2, 0.25) is 0 Å². The topological polar surface area (TPSA) is 16.1 Å². The summed E-state index contributed by atoms with van der Waals surface area (Å²) in [5, 5.41) is 0. The molecule has 1 fully saturated rings. The molecule has 1 saturated heterocycles. The standard InChI is InChI=1S/C7H10N2Te/c1-2-5-9(4-1)7-8-3-6-10-7/h3,6H,1-2,4-5H2. The van der Waals surface area contributed by atoms with E-state index >= 15 is 0 Å². The van der Waals surface area contributed by atoms with E-state index in [1.807, 2.05) is 6.20 Å². The Morgan fingerprint density at radius 3 is 2.80 bits per heavy atom. The van der Waals surface area contributed by atoms with Gasteiger partial charge in [-0.2, -0.15) is 0 Å². The molecule has 0 saturated carbocycles. The number of hydrogen-bond acceptors (Lipinski definition) is 2. The maximum atomic E-state index is 4.34. The van der Waals surface area contributed by atoms with E-state index in [4.69, 9.17) is 0 Å². The van der Waals surface area contributed by atoms with Gasteiger partial charge in [0.05, 0.1) is 0 Å². The Morgan fingerprint density at radius 2 is 2.20 bits per heavy atom. The van der Waals surface area contributed by atoms with Crippen LogP contribution in [0.4, 0.5) is 3.83 Å². The average molecular weight is 250 g/mol. The second-order valence-corrected chi connectivity index (χ2v) is 5.00. The molecular weight excluding hydrogens is 240 g/mol. The molecule has 1 aromatic rings. The van der Waals surface area contributed by atoms with Gasteiger partial charge < -0.3 is 0 Å². The third-order valence-electron chi connectivity index (χ3n) is 1.80. The first-order valence-electron chi connectivity index (χ1n) is 3.61. The van der Waals surface area contributed by atoms with Gasteiger partial charge >= 0.3 is 70.4 Å². The molecule has 54 valence electrons. The molecule has 3 heteroatoms. The summed E-state index contributed by atoms with van der Waals surface area (Å²) in [6.45, 7) is 2.51. The molecule has 0 bridgehead atoms. The fourth-order valence-corrected chi connectivity index (χ4v) is 3.27. The summed E-state index contributed by atoms with van der Waals surface area (Å²) in [6, 6.07) is 0. The SMILES string of the molecule is c1c[te]c(N2CCCC2)n1. The van der Waals surface area contributed by atoms with Crippen molar-refractivity contribution in [2.45, 2.75) is 12.8 Å². The van der Waals surface area contributed by atoms with E-state index < -0.39 is 0 Å². The van der Waals surface area contributed by atoms with Crippen LogP contribution in [0.15, 0.2) is 10.3 Å². The Morgan fingerprint density at radius 1 is 1.40 bits per heavy atom. The Hall–Kier alpha value is -0.000390. The molecule has 2 rings (SSSR count). The van der Waals surface area contributed by atoms with Gasteiger partial charge in [0.1, 0.15) is 0 Å². The molecule has 0 aromatic carbocycles. The molecule has 0 amide bonds. The van der Waals surface area contributed by atoms with Crippen LogP contribution in [0.25, 0.3) is 0 Å². The summed E-state index contributed by atoms with van der Waals surface area (Å²) in [4.78, 5) is 6.78. The molecule has 0 N–H and O–H groups in total. The molecule has 1 aliphatic heterocycles. The van der Waals surface area contributed by atoms with Crippen molar-refractivity contribution in [1.29, 1.82) is 0 Å². The van der Waals surface area contributed by atoms with Crippen LogP contribution in [0, 0.1) is 0 Å². The van der Waals surface area contributed by atoms with E-state index in [-0.39, 0.29) is 20.4 Å². The van der Waals surface area contributed by atoms with Crippen molar-refractivity contribution in [3.8, 4) is 0 Å². The Kier molecular flexibility index (Phi) is 1.97. The van der Waals surface area contributed by atoms with Gasteiger partial charge in [0.15, 0.2) is 0 Å². The summed E-state index contributed by atoms with van der Waals surface area (Å²) in [5.74, 6) is 0. The van der Waals surface area contributed by atoms with E-state index in [1.54, 1.807) is 0 Å². The molecule has 1 aliphatic rings. The number of aromatic nitrogens is 1. The normalized spacial score (nSPS) is 18.2. The van der Waals surface area contributed by atoms with Crippen molar-refractivity contribution in [3.05, 3.63) is 10.3 Å². The number of hydrogen-bond donors (Lipinski definition) is 0. The van der Waals surface area contributed by atoms with Crippen molar-refractivity contribution in [3.63, 3.8) is 0 Å². The molecular formula is C7H10N2Te. The number of anilines is 1. The van der Waals surface area contributed by atoms with Crippen molar-refractivity contribution in [2.75, 3.05) is 18.0 Å². The van der Waals surface area contributed by atoms with Gasteiger partial charge in [-0.3, -0.25) is 0 Å². The van der Waals surface area contributed by atoms with E-state index in [2.05, 4.69) is 14.0 Å². The Balaban J connectivity index is 2.12. The second-order valence-electron chi connectivity index (χ2n) is 2.51. The number of nitrogens with zero attached hydrogens (tertiary/aromatic N) is 2. The van der Waals surface area contributed by atoms with Crippen molar-refractivity contribution in [2.24, 2.45) is 0 Å². The van der Waals surface area contributed by atoms with Crippen molar-refractivity contribution in [1.82, 2.24) is 4.98 Å². The van der Waals surface area contributed by atoms with Crippen LogP contribution >= 0.6 is 0 Å². The third-order valence-corrected chi connectivity index (χ3v) is 4.17. The predicted octanol–water partition coefficient (Wildman–Crippen LogP) is 0.739. The zero-order valence-corrected chi connectivity index (χ0v) is 8.12. The third kappa shape index (κ3) is 1.21. The first-order chi connectivity index (χ1) is 4.97. The zero-order valence-electron chi connectivity index (χ0n) is 5.79. The van der Waals surface area contributed by atoms with E-state index in [0.717, 1.165) is 0 Å². The van der Waals surface area contributed by atoms with E-state index in [9.17, 15) is 0 Å². The summed E-state index contributed by atoms with van der Waals surface area (Å²) >= 11 is -0.00438. The monoisotopic (exact) mass is 252 g/mol. The van der Waals surface area contributed by atoms with Crippen LogP contribution in [0.2, 0.25) is 0 Å². The average Bonchev–Trinajstić information content (AvgIpc) is 2.59. The molecule has 1 aromatic heterocycles. The summed E-state index contributed by atoms with van der Waals surface area (Å²) < 4.78 is 3.65. The van der Waals surface area contributed by atoms with Gasteiger partial charge in [-0.25, -0.2) is 0 Å². The van der Waals surface area contributed by atoms with E-state index in [0.29, 0.717) is 0 Å².